The molecule has 0 saturated heterocycles. The van der Waals surface area contributed by atoms with E-state index in [0.29, 0.717) is 18.7 Å². The fraction of sp³-hybridized carbons (Fsp3) is 0.308. The molecule has 0 radical (unpaired) electrons. The molecule has 0 aromatic heterocycles. The lowest BCUT2D eigenvalue weighted by Crippen LogP contribution is -2.38. The fourth-order valence-corrected chi connectivity index (χ4v) is 1.29. The summed E-state index contributed by atoms with van der Waals surface area (Å²) in [6.45, 7) is 5.77. The summed E-state index contributed by atoms with van der Waals surface area (Å²) >= 11 is 0. The molecule has 3 nitrogen and oxygen atoms in total. The number of amides is 1. The Bertz CT molecular complexity index is 376. The Labute approximate surface area is 100 Å². The van der Waals surface area contributed by atoms with Gasteiger partial charge in [0.25, 0.3) is 5.91 Å². The van der Waals surface area contributed by atoms with Crippen LogP contribution >= 0.6 is 0 Å². The number of benzene rings is 1. The zero-order chi connectivity index (χ0) is 12.7. The molecule has 0 spiro atoms. The minimum atomic E-state index is -0.569. The number of ether oxygens (including phenoxy) is 1. The van der Waals surface area contributed by atoms with Gasteiger partial charge in [-0.05, 0) is 30.7 Å². The van der Waals surface area contributed by atoms with Crippen LogP contribution in [0.15, 0.2) is 36.9 Å². The predicted octanol–water partition coefficient (Wildman–Crippen LogP) is 2.29. The van der Waals surface area contributed by atoms with E-state index < -0.39 is 6.10 Å². The Hall–Kier alpha value is -1.84. The lowest BCUT2D eigenvalue weighted by atomic mass is 10.2. The lowest BCUT2D eigenvalue weighted by Gasteiger charge is -2.16. The van der Waals surface area contributed by atoms with Gasteiger partial charge in [-0.1, -0.05) is 13.0 Å². The molecule has 1 N–H and O–H groups in total. The second-order valence-electron chi connectivity index (χ2n) is 3.50. The van der Waals surface area contributed by atoms with Crippen LogP contribution in [0.4, 0.5) is 4.39 Å². The molecule has 0 aliphatic heterocycles. The maximum absolute atomic E-state index is 12.7. The van der Waals surface area contributed by atoms with Crippen LogP contribution in [-0.2, 0) is 4.79 Å². The average molecular weight is 237 g/mol. The number of hydrogen-bond donors (Lipinski definition) is 1. The van der Waals surface area contributed by atoms with E-state index in [9.17, 15) is 9.18 Å². The molecular weight excluding hydrogens is 221 g/mol. The van der Waals surface area contributed by atoms with Gasteiger partial charge < -0.3 is 10.1 Å². The summed E-state index contributed by atoms with van der Waals surface area (Å²) in [5.41, 5.74) is 0. The summed E-state index contributed by atoms with van der Waals surface area (Å²) in [7, 11) is 0. The Morgan fingerprint density at radius 3 is 2.71 bits per heavy atom. The van der Waals surface area contributed by atoms with Crippen LogP contribution in [0, 0.1) is 5.82 Å². The number of rotatable bonds is 6. The van der Waals surface area contributed by atoms with Gasteiger partial charge in [0.05, 0.1) is 0 Å². The van der Waals surface area contributed by atoms with Gasteiger partial charge in [0.2, 0.25) is 0 Å². The Balaban J connectivity index is 2.59. The number of hydrogen-bond acceptors (Lipinski definition) is 2. The standard InChI is InChI=1S/C13H16FNO2/c1-3-9-15-13(16)12(4-2)17-11-7-5-10(14)6-8-11/h3,5-8,12H,1,4,9H2,2H3,(H,15,16). The van der Waals surface area contributed by atoms with Crippen LogP contribution in [0.3, 0.4) is 0 Å². The third kappa shape index (κ3) is 4.26. The van der Waals surface area contributed by atoms with E-state index >= 15 is 0 Å². The highest BCUT2D eigenvalue weighted by molar-refractivity contribution is 5.81. The minimum Gasteiger partial charge on any atom is -0.481 e. The molecule has 1 amide bonds. The Morgan fingerprint density at radius 2 is 2.18 bits per heavy atom. The minimum absolute atomic E-state index is 0.197. The van der Waals surface area contributed by atoms with Crippen LogP contribution in [-0.4, -0.2) is 18.6 Å². The first-order chi connectivity index (χ1) is 8.17. The summed E-state index contributed by atoms with van der Waals surface area (Å²) in [6, 6.07) is 5.59. The monoisotopic (exact) mass is 237 g/mol. The van der Waals surface area contributed by atoms with Crippen LogP contribution in [0.5, 0.6) is 5.75 Å². The van der Waals surface area contributed by atoms with Gasteiger partial charge in [0, 0.05) is 6.54 Å². The quantitative estimate of drug-likeness (QED) is 0.771. The third-order valence-electron chi connectivity index (χ3n) is 2.18. The molecule has 0 aliphatic carbocycles. The molecule has 0 heterocycles. The maximum atomic E-state index is 12.7. The third-order valence-corrected chi connectivity index (χ3v) is 2.18. The van der Waals surface area contributed by atoms with Crippen LogP contribution in [0.25, 0.3) is 0 Å². The van der Waals surface area contributed by atoms with Crippen molar-refractivity contribution in [3.05, 3.63) is 42.7 Å². The van der Waals surface area contributed by atoms with Crippen molar-refractivity contribution in [1.29, 1.82) is 0 Å². The molecule has 0 aliphatic rings. The normalized spacial score (nSPS) is 11.6. The first-order valence-corrected chi connectivity index (χ1v) is 5.48. The second kappa shape index (κ2) is 6.68. The zero-order valence-corrected chi connectivity index (χ0v) is 9.78. The molecule has 92 valence electrons. The maximum Gasteiger partial charge on any atom is 0.261 e. The van der Waals surface area contributed by atoms with Crippen LogP contribution in [0.2, 0.25) is 0 Å². The van der Waals surface area contributed by atoms with E-state index in [-0.39, 0.29) is 11.7 Å². The highest BCUT2D eigenvalue weighted by Crippen LogP contribution is 2.14. The molecule has 17 heavy (non-hydrogen) atoms. The molecule has 1 rings (SSSR count). The van der Waals surface area contributed by atoms with Gasteiger partial charge >= 0.3 is 0 Å². The highest BCUT2D eigenvalue weighted by Gasteiger charge is 2.17. The van der Waals surface area contributed by atoms with Crippen molar-refractivity contribution in [2.75, 3.05) is 6.54 Å². The van der Waals surface area contributed by atoms with Gasteiger partial charge in [0.1, 0.15) is 11.6 Å². The number of halogens is 1. The van der Waals surface area contributed by atoms with Gasteiger partial charge in [0.15, 0.2) is 6.10 Å². The largest absolute Gasteiger partial charge is 0.481 e. The Kier molecular flexibility index (Phi) is 5.20. The summed E-state index contributed by atoms with van der Waals surface area (Å²) in [5.74, 6) is -0.0507. The van der Waals surface area contributed by atoms with Crippen LogP contribution < -0.4 is 10.1 Å². The second-order valence-corrected chi connectivity index (χ2v) is 3.50. The van der Waals surface area contributed by atoms with Gasteiger partial charge in [-0.3, -0.25) is 4.79 Å². The summed E-state index contributed by atoms with van der Waals surface area (Å²) < 4.78 is 18.1. The molecule has 0 saturated carbocycles. The van der Waals surface area contributed by atoms with Crippen molar-refractivity contribution < 1.29 is 13.9 Å². The smallest absolute Gasteiger partial charge is 0.261 e. The van der Waals surface area contributed by atoms with E-state index in [1.165, 1.54) is 24.3 Å². The van der Waals surface area contributed by atoms with Crippen molar-refractivity contribution in [3.8, 4) is 5.75 Å². The van der Waals surface area contributed by atoms with E-state index in [4.69, 9.17) is 4.74 Å². The van der Waals surface area contributed by atoms with Crippen molar-refractivity contribution in [2.45, 2.75) is 19.4 Å². The van der Waals surface area contributed by atoms with Gasteiger partial charge in [-0.25, -0.2) is 4.39 Å². The van der Waals surface area contributed by atoms with E-state index in [1.807, 2.05) is 6.92 Å². The molecule has 1 aromatic carbocycles. The molecule has 4 heteroatoms. The average Bonchev–Trinajstić information content (AvgIpc) is 2.35. The molecule has 1 aromatic rings. The number of carbonyl (C=O) groups is 1. The molecule has 1 atom stereocenters. The first kappa shape index (κ1) is 13.2. The number of carbonyl (C=O) groups excluding carboxylic acids is 1. The van der Waals surface area contributed by atoms with Gasteiger partial charge in [-0.2, -0.15) is 0 Å². The van der Waals surface area contributed by atoms with Gasteiger partial charge in [-0.15, -0.1) is 6.58 Å². The zero-order valence-electron chi connectivity index (χ0n) is 9.78. The van der Waals surface area contributed by atoms with Crippen molar-refractivity contribution in [1.82, 2.24) is 5.32 Å². The predicted molar refractivity (Wildman–Crippen MR) is 64.3 cm³/mol. The topological polar surface area (TPSA) is 38.3 Å². The van der Waals surface area contributed by atoms with Crippen molar-refractivity contribution in [2.24, 2.45) is 0 Å². The molecule has 1 unspecified atom stereocenters. The van der Waals surface area contributed by atoms with E-state index in [2.05, 4.69) is 11.9 Å². The molecule has 0 bridgehead atoms. The van der Waals surface area contributed by atoms with E-state index in [1.54, 1.807) is 6.08 Å². The Morgan fingerprint density at radius 1 is 1.53 bits per heavy atom. The van der Waals surface area contributed by atoms with E-state index in [0.717, 1.165) is 0 Å². The number of nitrogens with one attached hydrogen (secondary N) is 1. The SMILES string of the molecule is C=CCNC(=O)C(CC)Oc1ccc(F)cc1. The van der Waals surface area contributed by atoms with Crippen molar-refractivity contribution in [3.63, 3.8) is 0 Å². The van der Waals surface area contributed by atoms with Crippen molar-refractivity contribution >= 4 is 5.91 Å². The molecule has 0 fully saturated rings. The van der Waals surface area contributed by atoms with Crippen LogP contribution in [0.1, 0.15) is 13.3 Å². The molecular formula is C13H16FNO2. The highest BCUT2D eigenvalue weighted by atomic mass is 19.1. The summed E-state index contributed by atoms with van der Waals surface area (Å²) in [6.07, 6.45) is 1.57. The first-order valence-electron chi connectivity index (χ1n) is 5.48. The summed E-state index contributed by atoms with van der Waals surface area (Å²) in [4.78, 5) is 11.6. The fourth-order valence-electron chi connectivity index (χ4n) is 1.29. The lowest BCUT2D eigenvalue weighted by molar-refractivity contribution is -0.127. The summed E-state index contributed by atoms with van der Waals surface area (Å²) in [5, 5.41) is 2.66.